The predicted molar refractivity (Wildman–Crippen MR) is 49.3 cm³/mol. The van der Waals surface area contributed by atoms with E-state index in [0.717, 1.165) is 0 Å². The molecule has 1 unspecified atom stereocenters. The zero-order valence-corrected chi connectivity index (χ0v) is 7.49. The molecule has 0 fully saturated rings. The van der Waals surface area contributed by atoms with Crippen LogP contribution in [0.15, 0.2) is 24.3 Å². The van der Waals surface area contributed by atoms with E-state index in [0.29, 0.717) is 11.8 Å². The van der Waals surface area contributed by atoms with Gasteiger partial charge < -0.3 is 5.11 Å². The maximum absolute atomic E-state index is 9.79. The molecule has 1 aliphatic rings. The molecule has 1 N–H and O–H groups in total. The molecule has 2 rings (SSSR count). The molecule has 1 nitrogen and oxygen atoms in total. The Morgan fingerprint density at radius 3 is 1.83 bits per heavy atom. The van der Waals surface area contributed by atoms with Crippen LogP contribution in [0.5, 0.6) is 0 Å². The fourth-order valence-corrected chi connectivity index (χ4v) is 2.14. The van der Waals surface area contributed by atoms with Crippen molar-refractivity contribution >= 4 is 0 Å². The fraction of sp³-hybridized carbons (Fsp3) is 0.455. The van der Waals surface area contributed by atoms with Crippen molar-refractivity contribution in [2.24, 2.45) is 0 Å². The molecule has 3 atom stereocenters. The molecule has 0 bridgehead atoms. The minimum absolute atomic E-state index is 0.192. The molecule has 1 aromatic rings. The van der Waals surface area contributed by atoms with Crippen LogP contribution in [0.4, 0.5) is 0 Å². The Bertz CT molecular complexity index is 264. The van der Waals surface area contributed by atoms with Crippen molar-refractivity contribution < 1.29 is 5.11 Å². The largest absolute Gasteiger partial charge is 0.392 e. The Kier molecular flexibility index (Phi) is 1.69. The van der Waals surface area contributed by atoms with Gasteiger partial charge in [0, 0.05) is 11.8 Å². The van der Waals surface area contributed by atoms with Crippen LogP contribution >= 0.6 is 0 Å². The predicted octanol–water partition coefficient (Wildman–Crippen LogP) is 2.27. The standard InChI is InChI=1S/C11H14O/c1-7-9-5-3-4-6-10(9)8(2)11(7)12/h3-8,11-12H,1-2H3/t7-,8+,11?. The van der Waals surface area contributed by atoms with Gasteiger partial charge in [0.15, 0.2) is 0 Å². The van der Waals surface area contributed by atoms with Gasteiger partial charge in [0.05, 0.1) is 6.10 Å². The van der Waals surface area contributed by atoms with Crippen molar-refractivity contribution in [2.75, 3.05) is 0 Å². The quantitative estimate of drug-likeness (QED) is 0.620. The van der Waals surface area contributed by atoms with Crippen molar-refractivity contribution in [1.29, 1.82) is 0 Å². The van der Waals surface area contributed by atoms with Gasteiger partial charge in [-0.15, -0.1) is 0 Å². The lowest BCUT2D eigenvalue weighted by molar-refractivity contribution is 0.140. The van der Waals surface area contributed by atoms with Crippen LogP contribution in [-0.4, -0.2) is 11.2 Å². The van der Waals surface area contributed by atoms with Gasteiger partial charge in [-0.2, -0.15) is 0 Å². The van der Waals surface area contributed by atoms with Gasteiger partial charge >= 0.3 is 0 Å². The molecule has 0 spiro atoms. The molecule has 0 radical (unpaired) electrons. The number of fused-ring (bicyclic) bond motifs is 1. The first-order valence-corrected chi connectivity index (χ1v) is 4.48. The van der Waals surface area contributed by atoms with E-state index in [-0.39, 0.29) is 6.10 Å². The van der Waals surface area contributed by atoms with Gasteiger partial charge in [-0.3, -0.25) is 0 Å². The third-order valence-corrected chi connectivity index (χ3v) is 3.00. The maximum atomic E-state index is 9.79. The van der Waals surface area contributed by atoms with E-state index in [1.165, 1.54) is 11.1 Å². The second-order valence-electron chi connectivity index (χ2n) is 3.70. The summed E-state index contributed by atoms with van der Waals surface area (Å²) in [4.78, 5) is 0. The average molecular weight is 162 g/mol. The molecule has 0 saturated heterocycles. The van der Waals surface area contributed by atoms with Crippen molar-refractivity contribution in [1.82, 2.24) is 0 Å². The normalized spacial score (nSPS) is 33.4. The Morgan fingerprint density at radius 1 is 1.00 bits per heavy atom. The summed E-state index contributed by atoms with van der Waals surface area (Å²) >= 11 is 0. The minimum atomic E-state index is -0.192. The molecule has 1 heteroatoms. The van der Waals surface area contributed by atoms with Crippen molar-refractivity contribution in [3.8, 4) is 0 Å². The van der Waals surface area contributed by atoms with Crippen LogP contribution < -0.4 is 0 Å². The lowest BCUT2D eigenvalue weighted by atomic mass is 10.0. The van der Waals surface area contributed by atoms with E-state index < -0.39 is 0 Å². The van der Waals surface area contributed by atoms with E-state index in [9.17, 15) is 5.11 Å². The van der Waals surface area contributed by atoms with Crippen LogP contribution in [0.1, 0.15) is 36.8 Å². The summed E-state index contributed by atoms with van der Waals surface area (Å²) in [7, 11) is 0. The number of rotatable bonds is 0. The highest BCUT2D eigenvalue weighted by molar-refractivity contribution is 5.39. The Morgan fingerprint density at radius 2 is 1.42 bits per heavy atom. The van der Waals surface area contributed by atoms with Gasteiger partial charge in [-0.25, -0.2) is 0 Å². The van der Waals surface area contributed by atoms with E-state index >= 15 is 0 Å². The molecule has 0 heterocycles. The Labute approximate surface area is 73.0 Å². The summed E-state index contributed by atoms with van der Waals surface area (Å²) in [6, 6.07) is 8.32. The summed E-state index contributed by atoms with van der Waals surface area (Å²) in [6.07, 6.45) is -0.192. The molecule has 0 aliphatic heterocycles. The number of hydrogen-bond donors (Lipinski definition) is 1. The van der Waals surface area contributed by atoms with E-state index in [2.05, 4.69) is 26.0 Å². The third kappa shape index (κ3) is 0.896. The number of aliphatic hydroxyl groups excluding tert-OH is 1. The summed E-state index contributed by atoms with van der Waals surface area (Å²) in [5, 5.41) is 9.79. The summed E-state index contributed by atoms with van der Waals surface area (Å²) < 4.78 is 0. The fourth-order valence-electron chi connectivity index (χ4n) is 2.14. The van der Waals surface area contributed by atoms with E-state index in [4.69, 9.17) is 0 Å². The van der Waals surface area contributed by atoms with Gasteiger partial charge in [0.1, 0.15) is 0 Å². The first-order valence-electron chi connectivity index (χ1n) is 4.48. The highest BCUT2D eigenvalue weighted by Gasteiger charge is 2.33. The van der Waals surface area contributed by atoms with Crippen LogP contribution in [0.25, 0.3) is 0 Å². The molecule has 0 amide bonds. The summed E-state index contributed by atoms with van der Waals surface area (Å²) in [6.45, 7) is 4.18. The van der Waals surface area contributed by atoms with Gasteiger partial charge in [0.25, 0.3) is 0 Å². The van der Waals surface area contributed by atoms with Crippen molar-refractivity contribution in [3.05, 3.63) is 35.4 Å². The monoisotopic (exact) mass is 162 g/mol. The second-order valence-corrected chi connectivity index (χ2v) is 3.70. The van der Waals surface area contributed by atoms with Crippen LogP contribution in [0.3, 0.4) is 0 Å². The smallest absolute Gasteiger partial charge is 0.0672 e. The van der Waals surface area contributed by atoms with Crippen molar-refractivity contribution in [2.45, 2.75) is 31.8 Å². The maximum Gasteiger partial charge on any atom is 0.0672 e. The first-order chi connectivity index (χ1) is 5.72. The zero-order chi connectivity index (χ0) is 8.72. The number of benzene rings is 1. The molecule has 0 saturated carbocycles. The molecular weight excluding hydrogens is 148 g/mol. The van der Waals surface area contributed by atoms with Crippen LogP contribution in [0, 0.1) is 0 Å². The lowest BCUT2D eigenvalue weighted by Crippen LogP contribution is -2.13. The molecular formula is C11H14O. The first kappa shape index (κ1) is 7.81. The summed E-state index contributed by atoms with van der Waals surface area (Å²) in [5.74, 6) is 0.604. The SMILES string of the molecule is C[C@@H]1c2ccccc2[C@H](C)C1O. The van der Waals surface area contributed by atoms with Crippen LogP contribution in [0.2, 0.25) is 0 Å². The Hall–Kier alpha value is -0.820. The van der Waals surface area contributed by atoms with Gasteiger partial charge in [-0.1, -0.05) is 38.1 Å². The molecule has 12 heavy (non-hydrogen) atoms. The topological polar surface area (TPSA) is 20.2 Å². The van der Waals surface area contributed by atoms with Crippen LogP contribution in [-0.2, 0) is 0 Å². The Balaban J connectivity index is 2.52. The highest BCUT2D eigenvalue weighted by atomic mass is 16.3. The lowest BCUT2D eigenvalue weighted by Gasteiger charge is -2.12. The van der Waals surface area contributed by atoms with E-state index in [1.807, 2.05) is 12.1 Å². The summed E-state index contributed by atoms with van der Waals surface area (Å²) in [5.41, 5.74) is 2.63. The highest BCUT2D eigenvalue weighted by Crippen LogP contribution is 2.40. The average Bonchev–Trinajstić information content (AvgIpc) is 2.33. The van der Waals surface area contributed by atoms with Gasteiger partial charge in [-0.05, 0) is 11.1 Å². The minimum Gasteiger partial charge on any atom is -0.392 e. The number of aliphatic hydroxyl groups is 1. The molecule has 0 aromatic heterocycles. The third-order valence-electron chi connectivity index (χ3n) is 3.00. The van der Waals surface area contributed by atoms with Crippen molar-refractivity contribution in [3.63, 3.8) is 0 Å². The zero-order valence-electron chi connectivity index (χ0n) is 7.49. The van der Waals surface area contributed by atoms with E-state index in [1.54, 1.807) is 0 Å². The molecule has 1 aromatic carbocycles. The molecule has 1 aliphatic carbocycles. The van der Waals surface area contributed by atoms with Gasteiger partial charge in [0.2, 0.25) is 0 Å². The number of hydrogen-bond acceptors (Lipinski definition) is 1. The molecule has 64 valence electrons. The second kappa shape index (κ2) is 2.60.